The molecule has 1 aliphatic carbocycles. The molecule has 2 aliphatic rings. The molecule has 0 amide bonds. The number of carbonyl (C=O) groups excluding carboxylic acids is 1. The summed E-state index contributed by atoms with van der Waals surface area (Å²) < 4.78 is 10.5. The molecule has 1 saturated carbocycles. The average molecular weight is 199 g/mol. The molecule has 0 radical (unpaired) electrons. The standard InChI is InChI=1S/C10H17NO3/c1-11-6-7-4-8(5-7)14-9-2-3-13-10(9)12/h7-9,11H,2-6H2,1H3. The van der Waals surface area contributed by atoms with Gasteiger partial charge in [-0.05, 0) is 32.4 Å². The van der Waals surface area contributed by atoms with Crippen molar-refractivity contribution >= 4 is 5.97 Å². The fourth-order valence-electron chi connectivity index (χ4n) is 2.07. The zero-order valence-corrected chi connectivity index (χ0v) is 8.49. The van der Waals surface area contributed by atoms with Gasteiger partial charge in [0.2, 0.25) is 0 Å². The highest BCUT2D eigenvalue weighted by Gasteiger charge is 2.35. The van der Waals surface area contributed by atoms with E-state index in [1.54, 1.807) is 0 Å². The van der Waals surface area contributed by atoms with E-state index in [2.05, 4.69) is 5.32 Å². The molecule has 1 atom stereocenters. The van der Waals surface area contributed by atoms with Gasteiger partial charge in [0.1, 0.15) is 0 Å². The zero-order valence-electron chi connectivity index (χ0n) is 8.49. The number of hydrogen-bond donors (Lipinski definition) is 1. The van der Waals surface area contributed by atoms with Crippen LogP contribution in [-0.4, -0.2) is 38.4 Å². The first-order chi connectivity index (χ1) is 6.79. The molecule has 4 heteroatoms. The van der Waals surface area contributed by atoms with E-state index in [1.807, 2.05) is 7.05 Å². The van der Waals surface area contributed by atoms with Crippen LogP contribution in [0, 0.1) is 5.92 Å². The minimum Gasteiger partial charge on any atom is -0.464 e. The Hall–Kier alpha value is -0.610. The summed E-state index contributed by atoms with van der Waals surface area (Å²) in [5.41, 5.74) is 0. The van der Waals surface area contributed by atoms with Crippen molar-refractivity contribution in [2.45, 2.75) is 31.5 Å². The molecular formula is C10H17NO3. The molecule has 0 bridgehead atoms. The molecule has 1 aliphatic heterocycles. The average Bonchev–Trinajstić information content (AvgIpc) is 2.48. The fraction of sp³-hybridized carbons (Fsp3) is 0.900. The third-order valence-corrected chi connectivity index (χ3v) is 2.93. The molecule has 1 N–H and O–H groups in total. The van der Waals surface area contributed by atoms with Crippen molar-refractivity contribution in [1.29, 1.82) is 0 Å². The third kappa shape index (κ3) is 2.07. The van der Waals surface area contributed by atoms with Crippen LogP contribution < -0.4 is 5.32 Å². The predicted molar refractivity (Wildman–Crippen MR) is 50.9 cm³/mol. The minimum atomic E-state index is -0.282. The van der Waals surface area contributed by atoms with Gasteiger partial charge in [-0.3, -0.25) is 0 Å². The van der Waals surface area contributed by atoms with Crippen molar-refractivity contribution in [3.8, 4) is 0 Å². The van der Waals surface area contributed by atoms with Crippen LogP contribution in [0.2, 0.25) is 0 Å². The molecule has 2 fully saturated rings. The summed E-state index contributed by atoms with van der Waals surface area (Å²) in [6, 6.07) is 0. The van der Waals surface area contributed by atoms with Gasteiger partial charge in [-0.25, -0.2) is 4.79 Å². The van der Waals surface area contributed by atoms with E-state index in [4.69, 9.17) is 9.47 Å². The molecule has 80 valence electrons. The summed E-state index contributed by atoms with van der Waals surface area (Å²) in [5.74, 6) is 0.546. The summed E-state index contributed by atoms with van der Waals surface area (Å²) in [6.07, 6.45) is 2.88. The van der Waals surface area contributed by atoms with Crippen molar-refractivity contribution in [3.05, 3.63) is 0 Å². The third-order valence-electron chi connectivity index (χ3n) is 2.93. The molecule has 2 rings (SSSR count). The van der Waals surface area contributed by atoms with E-state index in [-0.39, 0.29) is 18.2 Å². The molecule has 0 spiro atoms. The molecule has 14 heavy (non-hydrogen) atoms. The van der Waals surface area contributed by atoms with Crippen molar-refractivity contribution < 1.29 is 14.3 Å². The van der Waals surface area contributed by atoms with Crippen LogP contribution in [0.25, 0.3) is 0 Å². The Balaban J connectivity index is 1.66. The molecule has 1 saturated heterocycles. The Labute approximate surface area is 84.0 Å². The lowest BCUT2D eigenvalue weighted by Gasteiger charge is -2.35. The first-order valence-electron chi connectivity index (χ1n) is 5.26. The number of hydrogen-bond acceptors (Lipinski definition) is 4. The van der Waals surface area contributed by atoms with Crippen LogP contribution in [-0.2, 0) is 14.3 Å². The summed E-state index contributed by atoms with van der Waals surface area (Å²) in [4.78, 5) is 11.1. The van der Waals surface area contributed by atoms with Crippen LogP contribution in [0.5, 0.6) is 0 Å². The second-order valence-electron chi connectivity index (χ2n) is 4.10. The Morgan fingerprint density at radius 2 is 2.36 bits per heavy atom. The predicted octanol–water partition coefficient (Wildman–Crippen LogP) is 0.317. The molecule has 1 heterocycles. The van der Waals surface area contributed by atoms with Gasteiger partial charge in [0.25, 0.3) is 0 Å². The smallest absolute Gasteiger partial charge is 0.335 e. The van der Waals surface area contributed by atoms with Crippen LogP contribution in [0.3, 0.4) is 0 Å². The summed E-state index contributed by atoms with van der Waals surface area (Å²) >= 11 is 0. The van der Waals surface area contributed by atoms with Crippen LogP contribution in [0.4, 0.5) is 0 Å². The highest BCUT2D eigenvalue weighted by atomic mass is 16.6. The van der Waals surface area contributed by atoms with Gasteiger partial charge >= 0.3 is 5.97 Å². The zero-order chi connectivity index (χ0) is 9.97. The maximum absolute atomic E-state index is 11.1. The van der Waals surface area contributed by atoms with Crippen LogP contribution in [0.15, 0.2) is 0 Å². The van der Waals surface area contributed by atoms with E-state index >= 15 is 0 Å². The van der Waals surface area contributed by atoms with E-state index < -0.39 is 0 Å². The van der Waals surface area contributed by atoms with Crippen molar-refractivity contribution in [1.82, 2.24) is 5.32 Å². The van der Waals surface area contributed by atoms with Crippen molar-refractivity contribution in [3.63, 3.8) is 0 Å². The Kier molecular flexibility index (Phi) is 3.03. The number of ether oxygens (including phenoxy) is 2. The first kappa shape index (κ1) is 9.93. The SMILES string of the molecule is CNCC1CC(OC2CCOC2=O)C1. The molecule has 0 aromatic heterocycles. The largest absolute Gasteiger partial charge is 0.464 e. The Bertz CT molecular complexity index is 213. The number of esters is 1. The molecule has 1 unspecified atom stereocenters. The normalized spacial score (nSPS) is 36.6. The Morgan fingerprint density at radius 1 is 1.57 bits per heavy atom. The van der Waals surface area contributed by atoms with E-state index in [1.165, 1.54) is 0 Å². The van der Waals surface area contributed by atoms with Crippen molar-refractivity contribution in [2.24, 2.45) is 5.92 Å². The first-order valence-corrected chi connectivity index (χ1v) is 5.26. The van der Waals surface area contributed by atoms with E-state index in [0.29, 0.717) is 6.61 Å². The molecule has 0 aromatic rings. The lowest BCUT2D eigenvalue weighted by Crippen LogP contribution is -2.39. The van der Waals surface area contributed by atoms with Gasteiger partial charge in [0.05, 0.1) is 12.7 Å². The molecule has 4 nitrogen and oxygen atoms in total. The number of nitrogens with one attached hydrogen (secondary N) is 1. The lowest BCUT2D eigenvalue weighted by atomic mass is 9.82. The fourth-order valence-corrected chi connectivity index (χ4v) is 2.07. The van der Waals surface area contributed by atoms with Gasteiger partial charge in [-0.15, -0.1) is 0 Å². The highest BCUT2D eigenvalue weighted by Crippen LogP contribution is 2.31. The maximum atomic E-state index is 11.1. The van der Waals surface area contributed by atoms with E-state index in [0.717, 1.165) is 31.7 Å². The lowest BCUT2D eigenvalue weighted by molar-refractivity contribution is -0.154. The topological polar surface area (TPSA) is 47.6 Å². The quantitative estimate of drug-likeness (QED) is 0.662. The summed E-state index contributed by atoms with van der Waals surface area (Å²) in [7, 11) is 1.96. The summed E-state index contributed by atoms with van der Waals surface area (Å²) in [5, 5.41) is 3.15. The van der Waals surface area contributed by atoms with Crippen molar-refractivity contribution in [2.75, 3.05) is 20.2 Å². The minimum absolute atomic E-state index is 0.179. The molecular weight excluding hydrogens is 182 g/mol. The van der Waals surface area contributed by atoms with Crippen LogP contribution in [0.1, 0.15) is 19.3 Å². The molecule has 0 aromatic carbocycles. The number of rotatable bonds is 4. The second kappa shape index (κ2) is 4.28. The van der Waals surface area contributed by atoms with Gasteiger partial charge in [0, 0.05) is 6.42 Å². The maximum Gasteiger partial charge on any atom is 0.335 e. The van der Waals surface area contributed by atoms with Gasteiger partial charge in [-0.1, -0.05) is 0 Å². The highest BCUT2D eigenvalue weighted by molar-refractivity contribution is 5.76. The number of cyclic esters (lactones) is 1. The number of carbonyl (C=O) groups is 1. The monoisotopic (exact) mass is 199 g/mol. The van der Waals surface area contributed by atoms with Gasteiger partial charge < -0.3 is 14.8 Å². The van der Waals surface area contributed by atoms with Gasteiger partial charge in [0.15, 0.2) is 6.10 Å². The van der Waals surface area contributed by atoms with E-state index in [9.17, 15) is 4.79 Å². The second-order valence-corrected chi connectivity index (χ2v) is 4.10. The van der Waals surface area contributed by atoms with Gasteiger partial charge in [-0.2, -0.15) is 0 Å². The summed E-state index contributed by atoms with van der Waals surface area (Å²) in [6.45, 7) is 1.57. The van der Waals surface area contributed by atoms with Crippen LogP contribution >= 0.6 is 0 Å². The Morgan fingerprint density at radius 3 is 2.93 bits per heavy atom.